The molecule has 3 fully saturated rings. The third-order valence-corrected chi connectivity index (χ3v) is 10.3. The number of aliphatic hydroxyl groups is 1. The number of hydrogen-bond acceptors (Lipinski definition) is 8. The summed E-state index contributed by atoms with van der Waals surface area (Å²) in [6, 6.07) is 22.2. The van der Waals surface area contributed by atoms with Crippen LogP contribution < -0.4 is 20.0 Å². The van der Waals surface area contributed by atoms with Crippen molar-refractivity contribution in [1.82, 2.24) is 0 Å². The summed E-state index contributed by atoms with van der Waals surface area (Å²) < 4.78 is 5.58. The molecule has 2 aliphatic heterocycles. The molecular weight excluding hydrogens is 587 g/mol. The molecule has 11 heteroatoms. The lowest BCUT2D eigenvalue weighted by molar-refractivity contribution is -0.131. The number of aliphatic hydroxyl groups excluding tert-OH is 1. The van der Waals surface area contributed by atoms with Gasteiger partial charge in [-0.15, -0.1) is 0 Å². The van der Waals surface area contributed by atoms with Crippen LogP contribution >= 0.6 is 0 Å². The molecule has 0 unspecified atom stereocenters. The highest BCUT2D eigenvalue weighted by atomic mass is 16.5. The number of allylic oxidation sites excluding steroid dienone is 2. The van der Waals surface area contributed by atoms with Crippen molar-refractivity contribution < 1.29 is 39.1 Å². The fourth-order valence-electron chi connectivity index (χ4n) is 8.22. The SMILES string of the molecule is C[C@@]12C(=O)N(c3ccccc3)C(=O)[C@@H]1C[C@@H]1C(=CC[C@@H]3C(=O)N(c4cccc(B(O)O)c4)C(=O)[C@@H]31)[C@@H]2c1ccc(OCCO)cc1. The number of nitrogens with zero attached hydrogens (tertiary/aromatic N) is 2. The number of amides is 4. The third-order valence-electron chi connectivity index (χ3n) is 10.3. The Labute approximate surface area is 266 Å². The van der Waals surface area contributed by atoms with Crippen molar-refractivity contribution in [3.05, 3.63) is 96.1 Å². The highest BCUT2D eigenvalue weighted by Crippen LogP contribution is 2.63. The molecule has 2 aliphatic carbocycles. The zero-order chi connectivity index (χ0) is 32.3. The number of imide groups is 2. The van der Waals surface area contributed by atoms with E-state index in [1.807, 2.05) is 31.2 Å². The first-order chi connectivity index (χ1) is 22.2. The minimum atomic E-state index is -1.76. The highest BCUT2D eigenvalue weighted by Gasteiger charge is 2.67. The largest absolute Gasteiger partial charge is 0.491 e. The van der Waals surface area contributed by atoms with Gasteiger partial charge in [0.05, 0.1) is 41.2 Å². The molecule has 0 bridgehead atoms. The topological polar surface area (TPSA) is 145 Å². The second kappa shape index (κ2) is 11.3. The van der Waals surface area contributed by atoms with Gasteiger partial charge < -0.3 is 19.9 Å². The first kappa shape index (κ1) is 30.1. The van der Waals surface area contributed by atoms with Crippen LogP contribution in [0.25, 0.3) is 0 Å². The van der Waals surface area contributed by atoms with E-state index in [1.165, 1.54) is 17.0 Å². The lowest BCUT2D eigenvalue weighted by Gasteiger charge is -2.49. The Bertz CT molecular complexity index is 1760. The fourth-order valence-corrected chi connectivity index (χ4v) is 8.22. The maximum absolute atomic E-state index is 14.5. The van der Waals surface area contributed by atoms with Crippen LogP contribution in [0.15, 0.2) is 90.5 Å². The molecule has 1 saturated carbocycles. The van der Waals surface area contributed by atoms with Gasteiger partial charge in [-0.25, -0.2) is 4.90 Å². The van der Waals surface area contributed by atoms with E-state index in [1.54, 1.807) is 48.5 Å². The number of rotatable bonds is 7. The standard InChI is InChI=1S/C35H33BN2O8/c1-35-28(32(41)38(34(35)43)22-7-3-2-4-8-22)19-27-25(30(35)20-10-12-24(13-11-20)46-17-16-39)14-15-26-29(27)33(42)37(31(26)40)23-9-5-6-21(18-23)36(44)45/h2-14,18,26-30,39,44-45H,15-17,19H2,1H3/t26-,27+,28-,29-,30-,35+/m0/s1. The number of carbonyl (C=O) groups excluding carboxylic acids is 4. The van der Waals surface area contributed by atoms with Crippen molar-refractivity contribution in [1.29, 1.82) is 0 Å². The van der Waals surface area contributed by atoms with Crippen LogP contribution in [0, 0.1) is 29.1 Å². The molecule has 0 aromatic heterocycles. The Morgan fingerprint density at radius 1 is 0.848 bits per heavy atom. The van der Waals surface area contributed by atoms with Gasteiger partial charge in [-0.3, -0.25) is 24.1 Å². The van der Waals surface area contributed by atoms with Crippen molar-refractivity contribution in [2.75, 3.05) is 23.0 Å². The number of benzene rings is 3. The maximum atomic E-state index is 14.5. The Morgan fingerprint density at radius 2 is 1.57 bits per heavy atom. The quantitative estimate of drug-likeness (QED) is 0.207. The molecular formula is C35H33BN2O8. The number of fused-ring (bicyclic) bond motifs is 4. The van der Waals surface area contributed by atoms with Crippen LogP contribution in [0.4, 0.5) is 11.4 Å². The number of para-hydroxylation sites is 1. The number of hydrogen-bond donors (Lipinski definition) is 3. The van der Waals surface area contributed by atoms with Crippen molar-refractivity contribution in [3.63, 3.8) is 0 Å². The minimum Gasteiger partial charge on any atom is -0.491 e. The summed E-state index contributed by atoms with van der Waals surface area (Å²) in [7, 11) is -1.76. The molecule has 7 rings (SSSR count). The summed E-state index contributed by atoms with van der Waals surface area (Å²) in [6.45, 7) is 1.83. The number of carbonyl (C=O) groups is 4. The van der Waals surface area contributed by atoms with E-state index in [4.69, 9.17) is 4.74 Å². The third kappa shape index (κ3) is 4.45. The molecule has 0 spiro atoms. The first-order valence-corrected chi connectivity index (χ1v) is 15.5. The summed E-state index contributed by atoms with van der Waals surface area (Å²) in [5.41, 5.74) is 1.39. The Kier molecular flexibility index (Phi) is 7.42. The molecule has 3 aromatic rings. The van der Waals surface area contributed by atoms with E-state index in [0.717, 1.165) is 16.0 Å². The van der Waals surface area contributed by atoms with Gasteiger partial charge in [0.15, 0.2) is 0 Å². The van der Waals surface area contributed by atoms with Crippen molar-refractivity contribution in [3.8, 4) is 5.75 Å². The van der Waals surface area contributed by atoms with Gasteiger partial charge in [-0.05, 0) is 73.1 Å². The van der Waals surface area contributed by atoms with E-state index in [-0.39, 0.29) is 48.5 Å². The molecule has 234 valence electrons. The van der Waals surface area contributed by atoms with E-state index < -0.39 is 48.0 Å². The van der Waals surface area contributed by atoms with Gasteiger partial charge in [0.25, 0.3) is 0 Å². The second-order valence-electron chi connectivity index (χ2n) is 12.6. The Hall–Kier alpha value is -4.58. The molecule has 4 aliphatic rings. The predicted molar refractivity (Wildman–Crippen MR) is 169 cm³/mol. The molecule has 10 nitrogen and oxygen atoms in total. The fraction of sp³-hybridized carbons (Fsp3) is 0.314. The monoisotopic (exact) mass is 620 g/mol. The average molecular weight is 620 g/mol. The minimum absolute atomic E-state index is 0.130. The summed E-state index contributed by atoms with van der Waals surface area (Å²) in [5.74, 6) is -4.04. The Balaban J connectivity index is 1.32. The van der Waals surface area contributed by atoms with Gasteiger partial charge >= 0.3 is 7.12 Å². The average Bonchev–Trinajstić information content (AvgIpc) is 3.44. The van der Waals surface area contributed by atoms with Gasteiger partial charge in [0.2, 0.25) is 23.6 Å². The van der Waals surface area contributed by atoms with Crippen molar-refractivity contribution in [2.24, 2.45) is 29.1 Å². The van der Waals surface area contributed by atoms with E-state index in [2.05, 4.69) is 0 Å². The summed E-state index contributed by atoms with van der Waals surface area (Å²) in [6.07, 6.45) is 2.51. The molecule has 6 atom stereocenters. The first-order valence-electron chi connectivity index (χ1n) is 15.5. The molecule has 0 radical (unpaired) electrons. The Morgan fingerprint density at radius 3 is 2.26 bits per heavy atom. The normalized spacial score (nSPS) is 28.5. The molecule has 3 N–H and O–H groups in total. The number of ether oxygens (including phenoxy) is 1. The zero-order valence-electron chi connectivity index (χ0n) is 25.2. The van der Waals surface area contributed by atoms with Crippen LogP contribution in [0.3, 0.4) is 0 Å². The maximum Gasteiger partial charge on any atom is 0.488 e. The molecule has 2 saturated heterocycles. The lowest BCUT2D eigenvalue weighted by Crippen LogP contribution is -2.48. The van der Waals surface area contributed by atoms with Gasteiger partial charge in [0, 0.05) is 5.92 Å². The summed E-state index contributed by atoms with van der Waals surface area (Å²) >= 11 is 0. The van der Waals surface area contributed by atoms with E-state index in [9.17, 15) is 34.3 Å². The summed E-state index contributed by atoms with van der Waals surface area (Å²) in [5, 5.41) is 28.6. The van der Waals surface area contributed by atoms with Gasteiger partial charge in [-0.2, -0.15) is 0 Å². The molecule has 46 heavy (non-hydrogen) atoms. The highest BCUT2D eigenvalue weighted by molar-refractivity contribution is 6.58. The van der Waals surface area contributed by atoms with Crippen LogP contribution in [-0.2, 0) is 19.2 Å². The van der Waals surface area contributed by atoms with Crippen LogP contribution in [0.2, 0.25) is 0 Å². The van der Waals surface area contributed by atoms with Crippen molar-refractivity contribution >= 4 is 47.6 Å². The van der Waals surface area contributed by atoms with Gasteiger partial charge in [0.1, 0.15) is 12.4 Å². The van der Waals surface area contributed by atoms with E-state index in [0.29, 0.717) is 17.9 Å². The van der Waals surface area contributed by atoms with Crippen LogP contribution in [-0.4, -0.2) is 59.1 Å². The molecule has 4 amide bonds. The van der Waals surface area contributed by atoms with Crippen LogP contribution in [0.1, 0.15) is 31.2 Å². The smallest absolute Gasteiger partial charge is 0.488 e. The molecule has 3 aromatic carbocycles. The zero-order valence-corrected chi connectivity index (χ0v) is 25.2. The lowest BCUT2D eigenvalue weighted by atomic mass is 9.51. The van der Waals surface area contributed by atoms with E-state index >= 15 is 0 Å². The number of anilines is 2. The van der Waals surface area contributed by atoms with Crippen molar-refractivity contribution in [2.45, 2.75) is 25.7 Å². The van der Waals surface area contributed by atoms with Crippen LogP contribution in [0.5, 0.6) is 5.75 Å². The van der Waals surface area contributed by atoms with Gasteiger partial charge in [-0.1, -0.05) is 54.1 Å². The molecule has 2 heterocycles. The predicted octanol–water partition coefficient (Wildman–Crippen LogP) is 2.17. The second-order valence-corrected chi connectivity index (χ2v) is 12.6. The summed E-state index contributed by atoms with van der Waals surface area (Å²) in [4.78, 5) is 59.1.